The van der Waals surface area contributed by atoms with E-state index in [9.17, 15) is 4.79 Å². The van der Waals surface area contributed by atoms with Crippen LogP contribution in [0.15, 0.2) is 6.07 Å². The monoisotopic (exact) mass is 394 g/mol. The summed E-state index contributed by atoms with van der Waals surface area (Å²) in [6, 6.07) is 3.25. The second-order valence-electron chi connectivity index (χ2n) is 8.46. The highest BCUT2D eigenvalue weighted by Crippen LogP contribution is 2.46. The number of likely N-dealkylation sites (tertiary alicyclic amines) is 1. The second-order valence-corrected chi connectivity index (χ2v) is 9.69. The number of nitrogens with one attached hydrogen (secondary N) is 1. The number of hydrogen-bond acceptors (Lipinski definition) is 5. The van der Waals surface area contributed by atoms with Crippen molar-refractivity contribution in [3.63, 3.8) is 0 Å². The molecule has 2 atom stereocenters. The van der Waals surface area contributed by atoms with Crippen molar-refractivity contribution in [2.24, 2.45) is 5.92 Å². The van der Waals surface area contributed by atoms with Gasteiger partial charge in [-0.1, -0.05) is 6.92 Å². The van der Waals surface area contributed by atoms with Crippen molar-refractivity contribution < 1.29 is 15.7 Å². The number of piperidine rings is 1. The van der Waals surface area contributed by atoms with Crippen LogP contribution >= 0.6 is 11.3 Å². The number of hydrogen-bond donors (Lipinski definition) is 1. The first-order chi connectivity index (χ1) is 13.0. The molecule has 5 nitrogen and oxygen atoms in total. The molecule has 1 aromatic heterocycles. The molecule has 1 aromatic rings. The lowest BCUT2D eigenvalue weighted by Crippen LogP contribution is -2.54. The van der Waals surface area contributed by atoms with Gasteiger partial charge in [0, 0.05) is 42.8 Å². The van der Waals surface area contributed by atoms with Gasteiger partial charge in [0.2, 0.25) is 0 Å². The van der Waals surface area contributed by atoms with Crippen LogP contribution in [0.1, 0.15) is 56.3 Å². The summed E-state index contributed by atoms with van der Waals surface area (Å²) >= 11 is 2.00. The summed E-state index contributed by atoms with van der Waals surface area (Å²) in [5.41, 5.74) is 1.44. The second kappa shape index (κ2) is 7.72. The first-order valence-electron chi connectivity index (χ1n) is 10.4. The minimum Gasteiger partial charge on any atom is -0.453 e. The highest BCUT2D eigenvalue weighted by molar-refractivity contribution is 7.12. The lowest BCUT2D eigenvalue weighted by Gasteiger charge is -2.49. The number of fused-ring (bicyclic) bond motifs is 2. The number of methoxy groups -OCH3 is 1. The highest BCUT2D eigenvalue weighted by atomic mass is 32.1. The van der Waals surface area contributed by atoms with E-state index in [1.54, 1.807) is 4.88 Å². The molecule has 6 heteroatoms. The Balaban J connectivity index is 0.00000225. The van der Waals surface area contributed by atoms with Crippen LogP contribution in [-0.4, -0.2) is 49.9 Å². The molecule has 0 unspecified atom stereocenters. The van der Waals surface area contributed by atoms with Crippen molar-refractivity contribution in [1.82, 2.24) is 10.2 Å². The molecular formula is C21H34N2O3S. The topological polar surface area (TPSA) is 50.8 Å². The first kappa shape index (κ1) is 19.2. The number of carbonyl (C=O) groups is 1. The Morgan fingerprint density at radius 1 is 1.52 bits per heavy atom. The molecule has 1 spiro atoms. The van der Waals surface area contributed by atoms with E-state index in [1.165, 1.54) is 17.6 Å². The molecule has 2 fully saturated rings. The van der Waals surface area contributed by atoms with Crippen molar-refractivity contribution in [3.8, 4) is 0 Å². The quantitative estimate of drug-likeness (QED) is 0.840. The van der Waals surface area contributed by atoms with Crippen molar-refractivity contribution in [3.05, 3.63) is 21.4 Å². The molecule has 0 radical (unpaired) electrons. The summed E-state index contributed by atoms with van der Waals surface area (Å²) in [6.45, 7) is 7.70. The van der Waals surface area contributed by atoms with Gasteiger partial charge in [-0.15, -0.1) is 11.3 Å². The molecule has 1 N–H and O–H groups in total. The summed E-state index contributed by atoms with van der Waals surface area (Å²) in [5, 5.41) is 2.91. The summed E-state index contributed by atoms with van der Waals surface area (Å²) in [7, 11) is 1.42. The van der Waals surface area contributed by atoms with Crippen molar-refractivity contribution in [2.45, 2.75) is 70.1 Å². The summed E-state index contributed by atoms with van der Waals surface area (Å²) in [6.07, 6.45) is 6.22. The first-order valence-corrected chi connectivity index (χ1v) is 11.2. The third kappa shape index (κ3) is 3.76. The van der Waals surface area contributed by atoms with E-state index in [1.807, 2.05) is 11.3 Å². The van der Waals surface area contributed by atoms with E-state index in [4.69, 9.17) is 4.74 Å². The van der Waals surface area contributed by atoms with Gasteiger partial charge in [0.1, 0.15) is 0 Å². The SMILES string of the molecule is CCc1cc2c(s1)CCO[C@@]21CCN(CC2CC(NC(=O)OC)C2)[C@@H](C)C1.[HH]. The van der Waals surface area contributed by atoms with E-state index < -0.39 is 0 Å². The minimum absolute atomic E-state index is 0. The minimum atomic E-state index is -0.306. The molecule has 1 aliphatic carbocycles. The van der Waals surface area contributed by atoms with Crippen LogP contribution < -0.4 is 5.32 Å². The molecule has 4 rings (SSSR count). The van der Waals surface area contributed by atoms with Gasteiger partial charge in [-0.3, -0.25) is 0 Å². The lowest BCUT2D eigenvalue weighted by atomic mass is 9.76. The molecule has 3 aliphatic rings. The summed E-state index contributed by atoms with van der Waals surface area (Å²) < 4.78 is 11.1. The molecule has 3 heterocycles. The van der Waals surface area contributed by atoms with Crippen LogP contribution in [0.2, 0.25) is 0 Å². The maximum atomic E-state index is 11.3. The zero-order valence-corrected chi connectivity index (χ0v) is 17.6. The number of thiophene rings is 1. The summed E-state index contributed by atoms with van der Waals surface area (Å²) in [5.74, 6) is 0.680. The predicted molar refractivity (Wildman–Crippen MR) is 109 cm³/mol. The van der Waals surface area contributed by atoms with Gasteiger partial charge in [-0.05, 0) is 56.6 Å². The van der Waals surface area contributed by atoms with E-state index in [0.717, 1.165) is 58.2 Å². The van der Waals surface area contributed by atoms with Crippen LogP contribution in [0, 0.1) is 5.92 Å². The smallest absolute Gasteiger partial charge is 0.407 e. The number of carbonyl (C=O) groups excluding carboxylic acids is 1. The number of aryl methyl sites for hydroxylation is 1. The highest BCUT2D eigenvalue weighted by Gasteiger charge is 2.45. The van der Waals surface area contributed by atoms with Gasteiger partial charge in [-0.2, -0.15) is 0 Å². The van der Waals surface area contributed by atoms with E-state index >= 15 is 0 Å². The van der Waals surface area contributed by atoms with Crippen molar-refractivity contribution in [2.75, 3.05) is 26.8 Å². The third-order valence-corrected chi connectivity index (χ3v) is 8.03. The van der Waals surface area contributed by atoms with Gasteiger partial charge < -0.3 is 19.7 Å². The fraction of sp³-hybridized carbons (Fsp3) is 0.762. The molecule has 152 valence electrons. The van der Waals surface area contributed by atoms with Gasteiger partial charge in [0.25, 0.3) is 0 Å². The number of nitrogens with zero attached hydrogens (tertiary/aromatic N) is 1. The van der Waals surface area contributed by atoms with Crippen molar-refractivity contribution >= 4 is 17.4 Å². The Morgan fingerprint density at radius 2 is 2.33 bits per heavy atom. The number of ether oxygens (including phenoxy) is 2. The standard InChI is InChI=1S/C21H32N2O3S.H2/c1-4-17-11-18-19(27-17)5-8-26-21(18)6-7-23(14(2)12-21)13-15-9-16(10-15)22-20(24)25-3;/h11,14-16H,4-10,12-13H2,1-3H3,(H,22,24);1H/t14-,15?,16?,21+;/m0./s1. The van der Waals surface area contributed by atoms with Crippen LogP contribution in [-0.2, 0) is 27.9 Å². The molecule has 1 saturated heterocycles. The average Bonchev–Trinajstić information content (AvgIpc) is 3.07. The van der Waals surface area contributed by atoms with Crippen LogP contribution in [0.4, 0.5) is 4.79 Å². The van der Waals surface area contributed by atoms with Gasteiger partial charge in [-0.25, -0.2) is 4.79 Å². The maximum Gasteiger partial charge on any atom is 0.407 e. The molecule has 1 saturated carbocycles. The molecule has 2 aliphatic heterocycles. The molecular weight excluding hydrogens is 360 g/mol. The Bertz CT molecular complexity index is 691. The fourth-order valence-corrected chi connectivity index (χ4v) is 6.28. The number of alkyl carbamates (subject to hydrolysis) is 1. The third-order valence-electron chi connectivity index (χ3n) is 6.69. The van der Waals surface area contributed by atoms with E-state index in [-0.39, 0.29) is 19.2 Å². The Hall–Kier alpha value is -1.11. The van der Waals surface area contributed by atoms with Crippen molar-refractivity contribution in [1.29, 1.82) is 0 Å². The molecule has 27 heavy (non-hydrogen) atoms. The average molecular weight is 395 g/mol. The normalized spacial score (nSPS) is 33.4. The maximum absolute atomic E-state index is 11.3. The summed E-state index contributed by atoms with van der Waals surface area (Å²) in [4.78, 5) is 17.0. The zero-order valence-electron chi connectivity index (χ0n) is 16.8. The van der Waals surface area contributed by atoms with E-state index in [0.29, 0.717) is 12.0 Å². The van der Waals surface area contributed by atoms with Crippen LogP contribution in [0.25, 0.3) is 0 Å². The Labute approximate surface area is 167 Å². The largest absolute Gasteiger partial charge is 0.453 e. The Morgan fingerprint density at radius 3 is 3.04 bits per heavy atom. The molecule has 0 bridgehead atoms. The van der Waals surface area contributed by atoms with Gasteiger partial charge in [0.15, 0.2) is 0 Å². The van der Waals surface area contributed by atoms with Gasteiger partial charge >= 0.3 is 6.09 Å². The zero-order chi connectivity index (χ0) is 19.0. The Kier molecular flexibility index (Phi) is 5.50. The van der Waals surface area contributed by atoms with E-state index in [2.05, 4.69) is 34.9 Å². The number of rotatable bonds is 4. The lowest BCUT2D eigenvalue weighted by molar-refractivity contribution is -0.114. The molecule has 1 amide bonds. The van der Waals surface area contributed by atoms with Gasteiger partial charge in [0.05, 0.1) is 19.3 Å². The molecule has 0 aromatic carbocycles. The predicted octanol–water partition coefficient (Wildman–Crippen LogP) is 3.94. The fourth-order valence-electron chi connectivity index (χ4n) is 5.11. The van der Waals surface area contributed by atoms with Crippen LogP contribution in [0.3, 0.4) is 0 Å². The van der Waals surface area contributed by atoms with Crippen LogP contribution in [0.5, 0.6) is 0 Å². The number of amides is 1.